The maximum absolute atomic E-state index is 3.54. The molecule has 0 aromatic carbocycles. The second-order valence-electron chi connectivity index (χ2n) is 4.69. The van der Waals surface area contributed by atoms with Gasteiger partial charge in [0.25, 0.3) is 0 Å². The van der Waals surface area contributed by atoms with Crippen LogP contribution in [0.4, 0.5) is 0 Å². The molecular weight excluding hydrogens is 172 g/mol. The first-order valence-electron chi connectivity index (χ1n) is 5.96. The van der Waals surface area contributed by atoms with E-state index in [-0.39, 0.29) is 0 Å². The Balaban J connectivity index is 3.52. The topological polar surface area (TPSA) is 15.3 Å². The molecule has 1 unspecified atom stereocenters. The third-order valence-electron chi connectivity index (χ3n) is 2.74. The van der Waals surface area contributed by atoms with Crippen molar-refractivity contribution in [3.8, 4) is 0 Å². The van der Waals surface area contributed by atoms with Gasteiger partial charge in [-0.2, -0.15) is 0 Å². The lowest BCUT2D eigenvalue weighted by Crippen LogP contribution is -2.41. The zero-order valence-electron chi connectivity index (χ0n) is 10.6. The Morgan fingerprint density at radius 1 is 1.14 bits per heavy atom. The molecule has 0 spiro atoms. The fraction of sp³-hybridized carbons (Fsp3) is 1.00. The monoisotopic (exact) mass is 200 g/mol. The smallest absolute Gasteiger partial charge is 0.0237 e. The van der Waals surface area contributed by atoms with Crippen LogP contribution in [0.1, 0.15) is 40.0 Å². The van der Waals surface area contributed by atoms with Crippen molar-refractivity contribution in [1.82, 2.24) is 10.2 Å². The van der Waals surface area contributed by atoms with Gasteiger partial charge in [-0.3, -0.25) is 0 Å². The lowest BCUT2D eigenvalue weighted by Gasteiger charge is -2.28. The number of likely N-dealkylation sites (N-methyl/N-ethyl adjacent to an activating group) is 1. The van der Waals surface area contributed by atoms with E-state index in [4.69, 9.17) is 0 Å². The van der Waals surface area contributed by atoms with Crippen LogP contribution in [0.5, 0.6) is 0 Å². The lowest BCUT2D eigenvalue weighted by molar-refractivity contribution is 0.224. The molecule has 0 aromatic heterocycles. The summed E-state index contributed by atoms with van der Waals surface area (Å²) in [5.74, 6) is 0.726. The minimum absolute atomic E-state index is 0.664. The number of unbranched alkanes of at least 4 members (excludes halogenated alkanes) is 2. The fourth-order valence-electron chi connectivity index (χ4n) is 1.76. The van der Waals surface area contributed by atoms with Crippen LogP contribution in [0.3, 0.4) is 0 Å². The van der Waals surface area contributed by atoms with Crippen LogP contribution in [0.2, 0.25) is 0 Å². The van der Waals surface area contributed by atoms with E-state index in [1.54, 1.807) is 0 Å². The lowest BCUT2D eigenvalue weighted by atomic mass is 10.0. The Kier molecular flexibility index (Phi) is 8.20. The molecular formula is C12H28N2. The first-order valence-corrected chi connectivity index (χ1v) is 5.96. The summed E-state index contributed by atoms with van der Waals surface area (Å²) in [6, 6.07) is 0.664. The van der Waals surface area contributed by atoms with Crippen molar-refractivity contribution in [2.45, 2.75) is 46.1 Å². The minimum Gasteiger partial charge on any atom is -0.315 e. The van der Waals surface area contributed by atoms with Crippen molar-refractivity contribution >= 4 is 0 Å². The maximum atomic E-state index is 3.54. The van der Waals surface area contributed by atoms with Crippen LogP contribution in [-0.4, -0.2) is 38.1 Å². The molecule has 0 bridgehead atoms. The summed E-state index contributed by atoms with van der Waals surface area (Å²) in [4.78, 5) is 2.32. The third kappa shape index (κ3) is 6.39. The van der Waals surface area contributed by atoms with Gasteiger partial charge in [-0.25, -0.2) is 0 Å². The molecule has 1 atom stereocenters. The van der Waals surface area contributed by atoms with Gasteiger partial charge in [-0.1, -0.05) is 33.6 Å². The minimum atomic E-state index is 0.664. The maximum Gasteiger partial charge on any atom is 0.0237 e. The van der Waals surface area contributed by atoms with Gasteiger partial charge in [0, 0.05) is 12.6 Å². The van der Waals surface area contributed by atoms with Crippen molar-refractivity contribution in [2.24, 2.45) is 5.92 Å². The summed E-state index contributed by atoms with van der Waals surface area (Å²) >= 11 is 0. The van der Waals surface area contributed by atoms with E-state index in [9.17, 15) is 0 Å². The third-order valence-corrected chi connectivity index (χ3v) is 2.74. The van der Waals surface area contributed by atoms with Gasteiger partial charge >= 0.3 is 0 Å². The van der Waals surface area contributed by atoms with E-state index in [1.807, 2.05) is 0 Å². The van der Waals surface area contributed by atoms with Crippen molar-refractivity contribution in [2.75, 3.05) is 27.2 Å². The summed E-state index contributed by atoms with van der Waals surface area (Å²) < 4.78 is 0. The van der Waals surface area contributed by atoms with E-state index in [1.165, 1.54) is 25.8 Å². The summed E-state index contributed by atoms with van der Waals surface area (Å²) in [7, 11) is 4.33. The van der Waals surface area contributed by atoms with Gasteiger partial charge in [0.05, 0.1) is 0 Å². The van der Waals surface area contributed by atoms with Gasteiger partial charge in [-0.15, -0.1) is 0 Å². The molecule has 0 aliphatic carbocycles. The number of nitrogens with one attached hydrogen (secondary N) is 1. The highest BCUT2D eigenvalue weighted by Crippen LogP contribution is 2.05. The highest BCUT2D eigenvalue weighted by atomic mass is 15.1. The molecule has 0 aromatic rings. The van der Waals surface area contributed by atoms with Crippen LogP contribution in [0, 0.1) is 5.92 Å². The summed E-state index contributed by atoms with van der Waals surface area (Å²) in [5.41, 5.74) is 0. The van der Waals surface area contributed by atoms with Gasteiger partial charge < -0.3 is 10.2 Å². The van der Waals surface area contributed by atoms with Gasteiger partial charge in [-0.05, 0) is 33.0 Å². The molecule has 0 heterocycles. The first kappa shape index (κ1) is 13.9. The zero-order valence-corrected chi connectivity index (χ0v) is 10.6. The molecule has 2 heteroatoms. The number of hydrogen-bond acceptors (Lipinski definition) is 2. The first-order chi connectivity index (χ1) is 6.59. The fourth-order valence-corrected chi connectivity index (χ4v) is 1.76. The molecule has 0 saturated heterocycles. The van der Waals surface area contributed by atoms with Gasteiger partial charge in [0.1, 0.15) is 0 Å². The highest BCUT2D eigenvalue weighted by Gasteiger charge is 2.14. The molecule has 0 radical (unpaired) electrons. The normalized spacial score (nSPS) is 13.9. The predicted molar refractivity (Wildman–Crippen MR) is 64.7 cm³/mol. The van der Waals surface area contributed by atoms with Crippen LogP contribution >= 0.6 is 0 Å². The summed E-state index contributed by atoms with van der Waals surface area (Å²) in [6.07, 6.45) is 3.97. The largest absolute Gasteiger partial charge is 0.315 e. The molecule has 0 rings (SSSR count). The van der Waals surface area contributed by atoms with E-state index in [2.05, 4.69) is 45.1 Å². The van der Waals surface area contributed by atoms with Crippen LogP contribution in [0.25, 0.3) is 0 Å². The standard InChI is InChI=1S/C12H28N2/c1-6-7-8-9-13-10-12(11(2)3)14(4)5/h11-13H,6-10H2,1-5H3. The number of rotatable bonds is 8. The summed E-state index contributed by atoms with van der Waals surface area (Å²) in [5, 5.41) is 3.54. The number of nitrogens with zero attached hydrogens (tertiary/aromatic N) is 1. The van der Waals surface area contributed by atoms with E-state index < -0.39 is 0 Å². The Bertz CT molecular complexity index is 113. The molecule has 14 heavy (non-hydrogen) atoms. The van der Waals surface area contributed by atoms with Crippen LogP contribution in [-0.2, 0) is 0 Å². The summed E-state index contributed by atoms with van der Waals surface area (Å²) in [6.45, 7) is 9.12. The molecule has 0 fully saturated rings. The van der Waals surface area contributed by atoms with Gasteiger partial charge in [0.15, 0.2) is 0 Å². The van der Waals surface area contributed by atoms with Crippen molar-refractivity contribution in [3.63, 3.8) is 0 Å². The molecule has 0 aliphatic heterocycles. The van der Waals surface area contributed by atoms with Crippen molar-refractivity contribution in [1.29, 1.82) is 0 Å². The molecule has 0 aliphatic rings. The Morgan fingerprint density at radius 3 is 2.21 bits per heavy atom. The average Bonchev–Trinajstić information content (AvgIpc) is 2.09. The Morgan fingerprint density at radius 2 is 1.79 bits per heavy atom. The van der Waals surface area contributed by atoms with Crippen molar-refractivity contribution < 1.29 is 0 Å². The second-order valence-corrected chi connectivity index (χ2v) is 4.69. The molecule has 0 saturated carbocycles. The van der Waals surface area contributed by atoms with Crippen LogP contribution in [0.15, 0.2) is 0 Å². The highest BCUT2D eigenvalue weighted by molar-refractivity contribution is 4.72. The second kappa shape index (κ2) is 8.25. The SMILES string of the molecule is CCCCCNCC(C(C)C)N(C)C. The van der Waals surface area contributed by atoms with E-state index in [0.717, 1.165) is 12.5 Å². The van der Waals surface area contributed by atoms with Crippen LogP contribution < -0.4 is 5.32 Å². The quantitative estimate of drug-likeness (QED) is 0.605. The zero-order chi connectivity index (χ0) is 11.0. The molecule has 0 amide bonds. The Labute approximate surface area is 90.1 Å². The molecule has 1 N–H and O–H groups in total. The van der Waals surface area contributed by atoms with E-state index >= 15 is 0 Å². The molecule has 86 valence electrons. The van der Waals surface area contributed by atoms with E-state index in [0.29, 0.717) is 6.04 Å². The van der Waals surface area contributed by atoms with Gasteiger partial charge in [0.2, 0.25) is 0 Å². The Hall–Kier alpha value is -0.0800. The van der Waals surface area contributed by atoms with Crippen molar-refractivity contribution in [3.05, 3.63) is 0 Å². The average molecular weight is 200 g/mol. The number of hydrogen-bond donors (Lipinski definition) is 1. The molecule has 2 nitrogen and oxygen atoms in total. The predicted octanol–water partition coefficient (Wildman–Crippen LogP) is 2.35.